The molecule has 1 N–H and O–H groups in total. The van der Waals surface area contributed by atoms with Gasteiger partial charge >= 0.3 is 0 Å². The van der Waals surface area contributed by atoms with E-state index in [4.69, 9.17) is 18.9 Å². The van der Waals surface area contributed by atoms with Gasteiger partial charge in [0, 0.05) is 36.9 Å². The van der Waals surface area contributed by atoms with E-state index in [0.717, 1.165) is 16.6 Å². The third-order valence-corrected chi connectivity index (χ3v) is 5.06. The zero-order valence-electron chi connectivity index (χ0n) is 19.6. The molecule has 35 heavy (non-hydrogen) atoms. The van der Waals surface area contributed by atoms with E-state index in [1.165, 1.54) is 11.0 Å². The molecule has 2 aromatic carbocycles. The molecule has 0 atom stereocenters. The molecule has 4 rings (SSSR count). The number of alkyl halides is 1. The number of aryl methyl sites for hydroxylation is 1. The lowest BCUT2D eigenvalue weighted by Gasteiger charge is -2.15. The summed E-state index contributed by atoms with van der Waals surface area (Å²) >= 11 is 0. The van der Waals surface area contributed by atoms with Crippen LogP contribution >= 0.6 is 0 Å². The smallest absolute Gasteiger partial charge is 0.163 e. The molecular weight excluding hydrogens is 454 g/mol. The van der Waals surface area contributed by atoms with Gasteiger partial charge in [-0.15, -0.1) is 5.10 Å². The van der Waals surface area contributed by atoms with Gasteiger partial charge in [0.25, 0.3) is 0 Å². The normalized spacial score (nSPS) is 11.1. The highest BCUT2D eigenvalue weighted by molar-refractivity contribution is 5.93. The van der Waals surface area contributed by atoms with Crippen LogP contribution in [-0.2, 0) is 16.0 Å². The molecule has 2 heterocycles. The van der Waals surface area contributed by atoms with Crippen molar-refractivity contribution < 1.29 is 23.3 Å². The molecule has 0 unspecified atom stereocenters. The minimum Gasteiger partial charge on any atom is -0.487 e. The van der Waals surface area contributed by atoms with Gasteiger partial charge in [0.05, 0.1) is 31.5 Å². The summed E-state index contributed by atoms with van der Waals surface area (Å²) in [6.45, 7) is 1.30. The Morgan fingerprint density at radius 2 is 1.71 bits per heavy atom. The number of hydrogen-bond acceptors (Lipinski definition) is 9. The van der Waals surface area contributed by atoms with Crippen LogP contribution in [0.25, 0.3) is 22.2 Å². The van der Waals surface area contributed by atoms with Gasteiger partial charge < -0.3 is 24.3 Å². The summed E-state index contributed by atoms with van der Waals surface area (Å²) in [7, 11) is 3.23. The van der Waals surface area contributed by atoms with Gasteiger partial charge in [-0.1, -0.05) is 17.3 Å². The minimum absolute atomic E-state index is 0.170. The van der Waals surface area contributed by atoms with E-state index in [0.29, 0.717) is 55.0 Å². The molecule has 0 aliphatic rings. The van der Waals surface area contributed by atoms with Gasteiger partial charge in [-0.2, -0.15) is 0 Å². The summed E-state index contributed by atoms with van der Waals surface area (Å²) in [6, 6.07) is 11.3. The van der Waals surface area contributed by atoms with Crippen LogP contribution in [0.4, 0.5) is 15.9 Å². The maximum absolute atomic E-state index is 12.6. The monoisotopic (exact) mass is 481 g/mol. The van der Waals surface area contributed by atoms with Gasteiger partial charge in [-0.05, 0) is 18.2 Å². The molecule has 4 aromatic rings. The number of rotatable bonds is 13. The Bertz CT molecular complexity index is 1250. The predicted molar refractivity (Wildman–Crippen MR) is 129 cm³/mol. The Morgan fingerprint density at radius 1 is 0.943 bits per heavy atom. The molecule has 2 aromatic heterocycles. The van der Waals surface area contributed by atoms with Crippen molar-refractivity contribution in [2.45, 2.75) is 6.54 Å². The average Bonchev–Trinajstić information content (AvgIpc) is 3.34. The van der Waals surface area contributed by atoms with Crippen LogP contribution in [0.3, 0.4) is 0 Å². The fourth-order valence-corrected chi connectivity index (χ4v) is 3.38. The molecule has 11 heteroatoms. The lowest BCUT2D eigenvalue weighted by atomic mass is 10.1. The van der Waals surface area contributed by atoms with Crippen LogP contribution < -0.4 is 14.8 Å². The standard InChI is InChI=1S/C24H27FN6O4/c1-32-8-10-34-22-13-19-20(14-23(22)35-11-9-33-2)26-16-27-24(19)28-18-5-3-4-17(12-18)21-15-31(7-6-25)30-29-21/h3-5,12-16H,6-11H2,1-2H3,(H,26,27,28)/i25-1. The molecule has 0 saturated heterocycles. The molecule has 0 bridgehead atoms. The molecular formula is C24H27FN6O4. The number of nitrogens with zero attached hydrogens (tertiary/aromatic N) is 5. The second-order valence-electron chi connectivity index (χ2n) is 7.48. The number of halogens is 1. The number of nitrogens with one attached hydrogen (secondary N) is 1. The van der Waals surface area contributed by atoms with Crippen molar-refractivity contribution in [3.63, 3.8) is 0 Å². The molecule has 10 nitrogen and oxygen atoms in total. The SMILES string of the molecule is COCCOc1cc2ncnc(Nc3cccc(-c4cn(CC[18F])nn4)c3)c2cc1OCCOC. The highest BCUT2D eigenvalue weighted by atomic mass is 18.2. The largest absolute Gasteiger partial charge is 0.487 e. The Morgan fingerprint density at radius 3 is 2.46 bits per heavy atom. The minimum atomic E-state index is -0.499. The van der Waals surface area contributed by atoms with E-state index in [1.54, 1.807) is 20.4 Å². The summed E-state index contributed by atoms with van der Waals surface area (Å²) in [5.74, 6) is 1.73. The van der Waals surface area contributed by atoms with Gasteiger partial charge in [0.1, 0.15) is 37.7 Å². The number of aromatic nitrogens is 5. The first-order valence-electron chi connectivity index (χ1n) is 11.1. The first kappa shape index (κ1) is 24.3. The van der Waals surface area contributed by atoms with Gasteiger partial charge in [-0.3, -0.25) is 0 Å². The quantitative estimate of drug-likeness (QED) is 0.286. The average molecular weight is 482 g/mol. The third-order valence-electron chi connectivity index (χ3n) is 5.06. The van der Waals surface area contributed by atoms with Crippen molar-refractivity contribution in [1.82, 2.24) is 25.0 Å². The number of methoxy groups -OCH3 is 2. The fourth-order valence-electron chi connectivity index (χ4n) is 3.38. The van der Waals surface area contributed by atoms with Gasteiger partial charge in [0.15, 0.2) is 11.5 Å². The lowest BCUT2D eigenvalue weighted by molar-refractivity contribution is 0.132. The Kier molecular flexibility index (Phi) is 8.36. The summed E-state index contributed by atoms with van der Waals surface area (Å²) in [5, 5.41) is 12.2. The van der Waals surface area contributed by atoms with Crippen molar-refractivity contribution in [2.75, 3.05) is 52.6 Å². The van der Waals surface area contributed by atoms with Crippen molar-refractivity contribution in [2.24, 2.45) is 0 Å². The highest BCUT2D eigenvalue weighted by Gasteiger charge is 2.13. The lowest BCUT2D eigenvalue weighted by Crippen LogP contribution is -2.09. The fraction of sp³-hybridized carbons (Fsp3) is 0.333. The van der Waals surface area contributed by atoms with Crippen LogP contribution in [0.2, 0.25) is 0 Å². The van der Waals surface area contributed by atoms with E-state index in [2.05, 4.69) is 25.6 Å². The molecule has 0 saturated carbocycles. The number of benzene rings is 2. The second kappa shape index (κ2) is 12.0. The number of hydrogen-bond donors (Lipinski definition) is 1. The van der Waals surface area contributed by atoms with E-state index >= 15 is 0 Å². The molecule has 184 valence electrons. The predicted octanol–water partition coefficient (Wildman–Crippen LogP) is 3.65. The van der Waals surface area contributed by atoms with Crippen LogP contribution in [0.5, 0.6) is 11.5 Å². The summed E-state index contributed by atoms with van der Waals surface area (Å²) < 4.78 is 36.0. The molecule has 0 radical (unpaired) electrons. The van der Waals surface area contributed by atoms with Crippen LogP contribution in [0.15, 0.2) is 48.9 Å². The Balaban J connectivity index is 1.63. The highest BCUT2D eigenvalue weighted by Crippen LogP contribution is 2.35. The topological polar surface area (TPSA) is 105 Å². The van der Waals surface area contributed by atoms with Crippen LogP contribution in [0.1, 0.15) is 0 Å². The van der Waals surface area contributed by atoms with E-state index in [9.17, 15) is 4.39 Å². The molecule has 0 spiro atoms. The maximum Gasteiger partial charge on any atom is 0.163 e. The summed E-state index contributed by atoms with van der Waals surface area (Å²) in [5.41, 5.74) is 2.99. The van der Waals surface area contributed by atoms with Gasteiger partial charge in [-0.25, -0.2) is 19.0 Å². The van der Waals surface area contributed by atoms with Crippen molar-refractivity contribution in [3.8, 4) is 22.8 Å². The zero-order valence-corrected chi connectivity index (χ0v) is 19.6. The summed E-state index contributed by atoms with van der Waals surface area (Å²) in [4.78, 5) is 8.84. The third kappa shape index (κ3) is 6.19. The molecule has 0 aliphatic heterocycles. The van der Waals surface area contributed by atoms with E-state index < -0.39 is 6.67 Å². The van der Waals surface area contributed by atoms with E-state index in [-0.39, 0.29) is 6.54 Å². The van der Waals surface area contributed by atoms with E-state index in [1.807, 2.05) is 36.4 Å². The Labute approximate surface area is 202 Å². The second-order valence-corrected chi connectivity index (χ2v) is 7.48. The molecule has 0 fully saturated rings. The molecule has 0 amide bonds. The zero-order chi connectivity index (χ0) is 24.5. The van der Waals surface area contributed by atoms with Crippen molar-refractivity contribution in [1.29, 1.82) is 0 Å². The number of fused-ring (bicyclic) bond motifs is 1. The van der Waals surface area contributed by atoms with Crippen LogP contribution in [-0.4, -0.2) is 72.3 Å². The number of ether oxygens (including phenoxy) is 4. The first-order chi connectivity index (χ1) is 17.2. The maximum atomic E-state index is 12.6. The van der Waals surface area contributed by atoms with Crippen LogP contribution in [0, 0.1) is 0 Å². The molecule has 0 aliphatic carbocycles. The summed E-state index contributed by atoms with van der Waals surface area (Å²) in [6.07, 6.45) is 3.20. The van der Waals surface area contributed by atoms with Crippen molar-refractivity contribution in [3.05, 3.63) is 48.9 Å². The number of anilines is 2. The Hall–Kier alpha value is -3.83. The van der Waals surface area contributed by atoms with Crippen molar-refractivity contribution >= 4 is 22.4 Å². The van der Waals surface area contributed by atoms with Gasteiger partial charge in [0.2, 0.25) is 0 Å². The first-order valence-corrected chi connectivity index (χ1v) is 11.1.